The van der Waals surface area contributed by atoms with Gasteiger partial charge in [-0.25, -0.2) is 14.8 Å². The quantitative estimate of drug-likeness (QED) is 0.234. The molecule has 218 valence electrons. The molecule has 0 radical (unpaired) electrons. The van der Waals surface area contributed by atoms with Gasteiger partial charge in [-0.1, -0.05) is 11.6 Å². The maximum Gasteiger partial charge on any atom is 0.410 e. The van der Waals surface area contributed by atoms with Crippen molar-refractivity contribution in [3.63, 3.8) is 0 Å². The highest BCUT2D eigenvalue weighted by Gasteiger charge is 2.27. The number of aromatic nitrogens is 6. The van der Waals surface area contributed by atoms with E-state index >= 15 is 0 Å². The van der Waals surface area contributed by atoms with Gasteiger partial charge >= 0.3 is 6.09 Å². The second-order valence-electron chi connectivity index (χ2n) is 11.9. The molecule has 1 N–H and O–H groups in total. The van der Waals surface area contributed by atoms with Crippen molar-refractivity contribution in [1.82, 2.24) is 34.6 Å². The van der Waals surface area contributed by atoms with Crippen LogP contribution in [0.2, 0.25) is 5.02 Å². The smallest absolute Gasteiger partial charge is 0.410 e. The molecule has 1 aliphatic rings. The summed E-state index contributed by atoms with van der Waals surface area (Å²) in [7, 11) is 0. The standard InChI is InChI=1S/C31H34ClN7O3/c1-18-12-25-28(27(32)29(18)41-22-6-7-23-24(13-22)36-19(2)35-23)37-26(15-33-25)21-14-34-39(17-21)16-20-8-10-38(11-9-20)30(40)42-31(3,4)5/h6-7,12-15,17,20H,8-11,16H2,1-5H3,(H,35,36). The summed E-state index contributed by atoms with van der Waals surface area (Å²) >= 11 is 6.88. The van der Waals surface area contributed by atoms with Crippen molar-refractivity contribution in [1.29, 1.82) is 0 Å². The van der Waals surface area contributed by atoms with Crippen LogP contribution >= 0.6 is 11.6 Å². The van der Waals surface area contributed by atoms with E-state index < -0.39 is 5.60 Å². The van der Waals surface area contributed by atoms with E-state index in [-0.39, 0.29) is 6.09 Å². The first-order valence-electron chi connectivity index (χ1n) is 14.1. The average Bonchev–Trinajstić information content (AvgIpc) is 3.55. The summed E-state index contributed by atoms with van der Waals surface area (Å²) in [5, 5.41) is 4.99. The highest BCUT2D eigenvalue weighted by molar-refractivity contribution is 6.36. The number of carbonyl (C=O) groups is 1. The Morgan fingerprint density at radius 3 is 2.64 bits per heavy atom. The molecule has 5 aromatic rings. The zero-order chi connectivity index (χ0) is 29.6. The van der Waals surface area contributed by atoms with E-state index in [1.807, 2.05) is 69.8 Å². The number of benzene rings is 2. The van der Waals surface area contributed by atoms with Crippen molar-refractivity contribution in [2.24, 2.45) is 5.92 Å². The van der Waals surface area contributed by atoms with E-state index in [4.69, 9.17) is 26.1 Å². The van der Waals surface area contributed by atoms with Crippen LogP contribution in [0.25, 0.3) is 33.3 Å². The Morgan fingerprint density at radius 2 is 1.88 bits per heavy atom. The van der Waals surface area contributed by atoms with Gasteiger partial charge in [-0.05, 0) is 77.1 Å². The Bertz CT molecular complexity index is 1780. The van der Waals surface area contributed by atoms with Crippen LogP contribution in [0.15, 0.2) is 42.9 Å². The number of nitrogens with zero attached hydrogens (tertiary/aromatic N) is 6. The minimum atomic E-state index is -0.489. The molecule has 0 spiro atoms. The van der Waals surface area contributed by atoms with Crippen LogP contribution < -0.4 is 4.74 Å². The number of H-pyrrole nitrogens is 1. The van der Waals surface area contributed by atoms with E-state index in [9.17, 15) is 4.79 Å². The van der Waals surface area contributed by atoms with Gasteiger partial charge in [0.25, 0.3) is 0 Å². The number of nitrogens with one attached hydrogen (secondary N) is 1. The maximum atomic E-state index is 12.4. The van der Waals surface area contributed by atoms with Gasteiger partial charge in [0.2, 0.25) is 0 Å². The second kappa shape index (κ2) is 10.9. The van der Waals surface area contributed by atoms with Crippen LogP contribution in [0.5, 0.6) is 11.5 Å². The number of likely N-dealkylation sites (tertiary alicyclic amines) is 1. The molecule has 10 nitrogen and oxygen atoms in total. The fraction of sp³-hybridized carbons (Fsp3) is 0.387. The first-order valence-corrected chi connectivity index (χ1v) is 14.5. The summed E-state index contributed by atoms with van der Waals surface area (Å²) in [6.07, 6.45) is 7.08. The molecule has 1 aliphatic heterocycles. The van der Waals surface area contributed by atoms with Gasteiger partial charge in [-0.3, -0.25) is 9.67 Å². The maximum absolute atomic E-state index is 12.4. The van der Waals surface area contributed by atoms with Crippen LogP contribution in [-0.4, -0.2) is 59.4 Å². The van der Waals surface area contributed by atoms with E-state index in [2.05, 4.69) is 20.1 Å². The van der Waals surface area contributed by atoms with E-state index in [1.165, 1.54) is 0 Å². The van der Waals surface area contributed by atoms with Crippen LogP contribution in [0.4, 0.5) is 4.79 Å². The number of amides is 1. The Hall–Kier alpha value is -4.18. The minimum Gasteiger partial charge on any atom is -0.455 e. The fourth-order valence-corrected chi connectivity index (χ4v) is 5.59. The normalized spacial score (nSPS) is 14.6. The summed E-state index contributed by atoms with van der Waals surface area (Å²) in [6, 6.07) is 7.63. The molecule has 1 amide bonds. The SMILES string of the molecule is Cc1nc2ccc(Oc3c(C)cc4ncc(-c5cnn(CC6CCN(C(=O)OC(C)(C)C)CC6)c5)nc4c3Cl)cc2[nH]1. The van der Waals surface area contributed by atoms with Gasteiger partial charge in [0.15, 0.2) is 5.75 Å². The van der Waals surface area contributed by atoms with Crippen molar-refractivity contribution in [2.75, 3.05) is 13.1 Å². The average molecular weight is 588 g/mol. The number of hydrogen-bond donors (Lipinski definition) is 1. The number of hydrogen-bond acceptors (Lipinski definition) is 7. The molecule has 1 fully saturated rings. The predicted molar refractivity (Wildman–Crippen MR) is 162 cm³/mol. The molecule has 1 saturated heterocycles. The van der Waals surface area contributed by atoms with Gasteiger partial charge < -0.3 is 19.4 Å². The van der Waals surface area contributed by atoms with Crippen molar-refractivity contribution in [2.45, 2.75) is 59.6 Å². The molecule has 3 aromatic heterocycles. The van der Waals surface area contributed by atoms with Crippen molar-refractivity contribution < 1.29 is 14.3 Å². The first kappa shape index (κ1) is 28.0. The lowest BCUT2D eigenvalue weighted by atomic mass is 9.97. The van der Waals surface area contributed by atoms with Gasteiger partial charge in [0, 0.05) is 37.5 Å². The number of aromatic amines is 1. The highest BCUT2D eigenvalue weighted by Crippen LogP contribution is 2.38. The molecule has 0 atom stereocenters. The number of imidazole rings is 1. The van der Waals surface area contributed by atoms with Gasteiger partial charge in [0.05, 0.1) is 34.6 Å². The van der Waals surface area contributed by atoms with Crippen LogP contribution in [0.3, 0.4) is 0 Å². The van der Waals surface area contributed by atoms with Gasteiger partial charge in [-0.2, -0.15) is 5.10 Å². The zero-order valence-corrected chi connectivity index (χ0v) is 25.2. The number of carbonyl (C=O) groups excluding carboxylic acids is 1. The third kappa shape index (κ3) is 5.90. The predicted octanol–water partition coefficient (Wildman–Crippen LogP) is 7.08. The van der Waals surface area contributed by atoms with Crippen molar-refractivity contribution >= 4 is 39.8 Å². The highest BCUT2D eigenvalue weighted by atomic mass is 35.5. The number of fused-ring (bicyclic) bond motifs is 2. The first-order chi connectivity index (χ1) is 20.0. The second-order valence-corrected chi connectivity index (χ2v) is 12.3. The minimum absolute atomic E-state index is 0.242. The lowest BCUT2D eigenvalue weighted by Gasteiger charge is -2.33. The summed E-state index contributed by atoms with van der Waals surface area (Å²) in [5.74, 6) is 2.45. The number of halogens is 1. The topological polar surface area (TPSA) is 111 Å². The monoisotopic (exact) mass is 587 g/mol. The summed E-state index contributed by atoms with van der Waals surface area (Å²) in [4.78, 5) is 31.4. The molecule has 4 heterocycles. The van der Waals surface area contributed by atoms with Crippen molar-refractivity contribution in [3.05, 3.63) is 59.3 Å². The fourth-order valence-electron chi connectivity index (χ4n) is 5.26. The van der Waals surface area contributed by atoms with E-state index in [0.29, 0.717) is 52.3 Å². The third-order valence-corrected chi connectivity index (χ3v) is 7.70. The van der Waals surface area contributed by atoms with Crippen LogP contribution in [-0.2, 0) is 11.3 Å². The molecular weight excluding hydrogens is 554 g/mol. The van der Waals surface area contributed by atoms with Gasteiger partial charge in [0.1, 0.15) is 27.7 Å². The van der Waals surface area contributed by atoms with Crippen LogP contribution in [0.1, 0.15) is 45.0 Å². The van der Waals surface area contributed by atoms with Crippen molar-refractivity contribution in [3.8, 4) is 22.8 Å². The Balaban J connectivity index is 1.17. The number of ether oxygens (including phenoxy) is 2. The largest absolute Gasteiger partial charge is 0.455 e. The lowest BCUT2D eigenvalue weighted by Crippen LogP contribution is -2.42. The molecule has 0 unspecified atom stereocenters. The summed E-state index contributed by atoms with van der Waals surface area (Å²) in [5.41, 5.74) is 4.94. The summed E-state index contributed by atoms with van der Waals surface area (Å²) in [6.45, 7) is 11.7. The summed E-state index contributed by atoms with van der Waals surface area (Å²) < 4.78 is 13.7. The molecular formula is C31H34ClN7O3. The number of aryl methyl sites for hydroxylation is 2. The molecule has 2 aromatic carbocycles. The molecule has 0 aliphatic carbocycles. The molecule has 11 heteroatoms. The molecule has 0 saturated carbocycles. The van der Waals surface area contributed by atoms with Crippen LogP contribution in [0, 0.1) is 19.8 Å². The third-order valence-electron chi connectivity index (χ3n) is 7.35. The van der Waals surface area contributed by atoms with Gasteiger partial charge in [-0.15, -0.1) is 0 Å². The zero-order valence-electron chi connectivity index (χ0n) is 24.4. The van der Waals surface area contributed by atoms with E-state index in [0.717, 1.165) is 47.4 Å². The molecule has 0 bridgehead atoms. The number of piperidine rings is 1. The Morgan fingerprint density at radius 1 is 1.10 bits per heavy atom. The van der Waals surface area contributed by atoms with E-state index in [1.54, 1.807) is 17.3 Å². The lowest BCUT2D eigenvalue weighted by molar-refractivity contribution is 0.0177. The molecule has 6 rings (SSSR count). The Labute approximate surface area is 249 Å². The Kier molecular flexibility index (Phi) is 7.26. The number of rotatable bonds is 5. The molecule has 42 heavy (non-hydrogen) atoms.